The summed E-state index contributed by atoms with van der Waals surface area (Å²) in [5.41, 5.74) is 0.317. The van der Waals surface area contributed by atoms with Gasteiger partial charge in [0.2, 0.25) is 0 Å². The fourth-order valence-corrected chi connectivity index (χ4v) is 2.48. The van der Waals surface area contributed by atoms with E-state index in [2.05, 4.69) is 25.8 Å². The van der Waals surface area contributed by atoms with Crippen LogP contribution in [0.15, 0.2) is 18.3 Å². The molecule has 1 aliphatic carbocycles. The Bertz CT molecular complexity index is 540. The lowest BCUT2D eigenvalue weighted by atomic mass is 9.98. The van der Waals surface area contributed by atoms with Gasteiger partial charge in [-0.2, -0.15) is 0 Å². The molecule has 1 fully saturated rings. The van der Waals surface area contributed by atoms with E-state index in [1.807, 2.05) is 4.90 Å². The minimum absolute atomic E-state index is 0.0878. The molecule has 1 saturated carbocycles. The van der Waals surface area contributed by atoms with Crippen molar-refractivity contribution >= 4 is 11.9 Å². The zero-order valence-corrected chi connectivity index (χ0v) is 12.7. The fourth-order valence-electron chi connectivity index (χ4n) is 2.48. The molecule has 0 aliphatic heterocycles. The number of pyridine rings is 1. The van der Waals surface area contributed by atoms with E-state index in [1.165, 1.54) is 12.3 Å². The van der Waals surface area contributed by atoms with Crippen LogP contribution in [-0.4, -0.2) is 39.0 Å². The molecular weight excluding hydrogens is 268 g/mol. The van der Waals surface area contributed by atoms with Crippen LogP contribution in [0.4, 0.5) is 0 Å². The Hall–Kier alpha value is -1.91. The van der Waals surface area contributed by atoms with Crippen molar-refractivity contribution in [2.24, 2.45) is 5.92 Å². The third-order valence-electron chi connectivity index (χ3n) is 4.31. The van der Waals surface area contributed by atoms with Gasteiger partial charge in [0.25, 0.3) is 5.91 Å². The molecule has 2 unspecified atom stereocenters. The lowest BCUT2D eigenvalue weighted by Gasteiger charge is -2.33. The van der Waals surface area contributed by atoms with E-state index in [-0.39, 0.29) is 17.6 Å². The van der Waals surface area contributed by atoms with Gasteiger partial charge in [-0.15, -0.1) is 0 Å². The Morgan fingerprint density at radius 1 is 1.43 bits per heavy atom. The molecule has 2 atom stereocenters. The van der Waals surface area contributed by atoms with Crippen LogP contribution in [0, 0.1) is 5.92 Å². The molecule has 5 nitrogen and oxygen atoms in total. The minimum atomic E-state index is -1.11. The summed E-state index contributed by atoms with van der Waals surface area (Å²) in [7, 11) is 0. The maximum absolute atomic E-state index is 12.8. The van der Waals surface area contributed by atoms with Gasteiger partial charge in [-0.3, -0.25) is 4.79 Å². The van der Waals surface area contributed by atoms with Crippen LogP contribution in [0.1, 0.15) is 60.9 Å². The highest BCUT2D eigenvalue weighted by atomic mass is 16.4. The molecule has 1 aliphatic rings. The van der Waals surface area contributed by atoms with Crippen molar-refractivity contribution in [1.82, 2.24) is 9.88 Å². The van der Waals surface area contributed by atoms with Crippen LogP contribution in [0.3, 0.4) is 0 Å². The summed E-state index contributed by atoms with van der Waals surface area (Å²) >= 11 is 0. The first-order valence-electron chi connectivity index (χ1n) is 7.47. The van der Waals surface area contributed by atoms with Gasteiger partial charge in [-0.1, -0.05) is 20.3 Å². The van der Waals surface area contributed by atoms with E-state index in [0.29, 0.717) is 17.5 Å². The number of hydrogen-bond acceptors (Lipinski definition) is 3. The maximum atomic E-state index is 12.8. The van der Waals surface area contributed by atoms with Crippen molar-refractivity contribution in [1.29, 1.82) is 0 Å². The topological polar surface area (TPSA) is 70.5 Å². The lowest BCUT2D eigenvalue weighted by Crippen LogP contribution is -2.43. The zero-order valence-electron chi connectivity index (χ0n) is 12.7. The highest BCUT2D eigenvalue weighted by molar-refractivity contribution is 5.97. The standard InChI is InChI=1S/C16H22N2O3/c1-4-10(2)11(3)18(13-5-6-13)15(19)12-7-8-17-14(9-12)16(20)21/h7-11,13H,4-6H2,1-3H3,(H,20,21). The molecule has 1 heterocycles. The lowest BCUT2D eigenvalue weighted by molar-refractivity contribution is 0.0615. The van der Waals surface area contributed by atoms with Gasteiger partial charge in [-0.25, -0.2) is 9.78 Å². The van der Waals surface area contributed by atoms with Crippen molar-refractivity contribution in [2.45, 2.75) is 52.1 Å². The molecule has 0 aromatic carbocycles. The summed E-state index contributed by atoms with van der Waals surface area (Å²) in [5, 5.41) is 9.00. The third kappa shape index (κ3) is 3.40. The van der Waals surface area contributed by atoms with Crippen molar-refractivity contribution in [3.63, 3.8) is 0 Å². The summed E-state index contributed by atoms with van der Waals surface area (Å²) in [6.07, 6.45) is 4.46. The monoisotopic (exact) mass is 290 g/mol. The van der Waals surface area contributed by atoms with Gasteiger partial charge in [0.05, 0.1) is 0 Å². The average molecular weight is 290 g/mol. The molecule has 1 amide bonds. The SMILES string of the molecule is CCC(C)C(C)N(C(=O)c1ccnc(C(=O)O)c1)C1CC1. The number of aromatic nitrogens is 1. The molecule has 0 saturated heterocycles. The molecule has 0 spiro atoms. The van der Waals surface area contributed by atoms with E-state index < -0.39 is 5.97 Å². The van der Waals surface area contributed by atoms with E-state index in [0.717, 1.165) is 19.3 Å². The molecule has 21 heavy (non-hydrogen) atoms. The number of nitrogens with zero attached hydrogens (tertiary/aromatic N) is 2. The van der Waals surface area contributed by atoms with Crippen molar-refractivity contribution in [2.75, 3.05) is 0 Å². The second-order valence-corrected chi connectivity index (χ2v) is 5.80. The van der Waals surface area contributed by atoms with E-state index in [1.54, 1.807) is 6.07 Å². The second kappa shape index (κ2) is 6.24. The van der Waals surface area contributed by atoms with Crippen LogP contribution >= 0.6 is 0 Å². The number of carboxylic acid groups (broad SMARTS) is 1. The van der Waals surface area contributed by atoms with Crippen LogP contribution in [0.25, 0.3) is 0 Å². The van der Waals surface area contributed by atoms with Crippen LogP contribution in [0.2, 0.25) is 0 Å². The first kappa shape index (κ1) is 15.5. The molecule has 5 heteroatoms. The number of carbonyl (C=O) groups excluding carboxylic acids is 1. The number of amides is 1. The van der Waals surface area contributed by atoms with Gasteiger partial charge < -0.3 is 10.0 Å². The van der Waals surface area contributed by atoms with Gasteiger partial charge in [-0.05, 0) is 37.8 Å². The second-order valence-electron chi connectivity index (χ2n) is 5.80. The molecule has 114 valence electrons. The zero-order chi connectivity index (χ0) is 15.6. The van der Waals surface area contributed by atoms with E-state index >= 15 is 0 Å². The van der Waals surface area contributed by atoms with Crippen LogP contribution in [0.5, 0.6) is 0 Å². The molecule has 0 radical (unpaired) electrons. The highest BCUT2D eigenvalue weighted by Gasteiger charge is 2.37. The Balaban J connectivity index is 2.26. The number of carboxylic acids is 1. The Morgan fingerprint density at radius 2 is 2.10 bits per heavy atom. The molecule has 1 aromatic rings. The summed E-state index contributed by atoms with van der Waals surface area (Å²) in [6, 6.07) is 3.40. The van der Waals surface area contributed by atoms with Gasteiger partial charge in [0, 0.05) is 23.8 Å². The van der Waals surface area contributed by atoms with Crippen LogP contribution < -0.4 is 0 Å². The first-order chi connectivity index (χ1) is 9.95. The van der Waals surface area contributed by atoms with Gasteiger partial charge in [0.15, 0.2) is 0 Å². The number of hydrogen-bond donors (Lipinski definition) is 1. The molecule has 1 aromatic heterocycles. The highest BCUT2D eigenvalue weighted by Crippen LogP contribution is 2.32. The molecule has 1 N–H and O–H groups in total. The quantitative estimate of drug-likeness (QED) is 0.874. The van der Waals surface area contributed by atoms with Gasteiger partial charge in [0.1, 0.15) is 5.69 Å². The summed E-state index contributed by atoms with van der Waals surface area (Å²) < 4.78 is 0. The van der Waals surface area contributed by atoms with Gasteiger partial charge >= 0.3 is 5.97 Å². The Kier molecular flexibility index (Phi) is 4.60. The molecular formula is C16H22N2O3. The maximum Gasteiger partial charge on any atom is 0.354 e. The number of aromatic carboxylic acids is 1. The minimum Gasteiger partial charge on any atom is -0.477 e. The normalized spacial score (nSPS) is 17.1. The average Bonchev–Trinajstić information content (AvgIpc) is 3.31. The fraction of sp³-hybridized carbons (Fsp3) is 0.562. The first-order valence-corrected chi connectivity index (χ1v) is 7.47. The number of rotatable bonds is 6. The summed E-state index contributed by atoms with van der Waals surface area (Å²) in [4.78, 5) is 29.5. The van der Waals surface area contributed by atoms with Crippen molar-refractivity contribution in [3.8, 4) is 0 Å². The van der Waals surface area contributed by atoms with E-state index in [9.17, 15) is 9.59 Å². The smallest absolute Gasteiger partial charge is 0.354 e. The largest absolute Gasteiger partial charge is 0.477 e. The Labute approximate surface area is 125 Å². The third-order valence-corrected chi connectivity index (χ3v) is 4.31. The van der Waals surface area contributed by atoms with Crippen molar-refractivity contribution in [3.05, 3.63) is 29.6 Å². The predicted octanol–water partition coefficient (Wildman–Crippen LogP) is 2.82. The van der Waals surface area contributed by atoms with E-state index in [4.69, 9.17) is 5.11 Å². The molecule has 0 bridgehead atoms. The summed E-state index contributed by atoms with van der Waals surface area (Å²) in [6.45, 7) is 6.33. The Morgan fingerprint density at radius 3 is 2.62 bits per heavy atom. The van der Waals surface area contributed by atoms with Crippen LogP contribution in [-0.2, 0) is 0 Å². The predicted molar refractivity (Wildman–Crippen MR) is 79.3 cm³/mol. The van der Waals surface area contributed by atoms with Crippen molar-refractivity contribution < 1.29 is 14.7 Å². The number of carbonyl (C=O) groups is 2. The summed E-state index contributed by atoms with van der Waals surface area (Å²) in [5.74, 6) is -0.789. The molecule has 2 rings (SSSR count).